The fourth-order valence-electron chi connectivity index (χ4n) is 4.94. The lowest BCUT2D eigenvalue weighted by atomic mass is 9.81. The molecule has 0 aliphatic carbocycles. The van der Waals surface area contributed by atoms with Crippen LogP contribution in [0.25, 0.3) is 31.4 Å². The minimum atomic E-state index is -0.110. The van der Waals surface area contributed by atoms with Crippen molar-refractivity contribution in [3.8, 4) is 32.6 Å². The molecule has 1 aliphatic heterocycles. The Labute approximate surface area is 218 Å². The van der Waals surface area contributed by atoms with Crippen LogP contribution in [0.4, 0.5) is 0 Å². The number of hydrogen-bond acceptors (Lipinski definition) is 8. The van der Waals surface area contributed by atoms with E-state index < -0.39 is 0 Å². The number of thiazole rings is 2. The van der Waals surface area contributed by atoms with E-state index in [0.29, 0.717) is 26.9 Å². The molecule has 5 rings (SSSR count). The van der Waals surface area contributed by atoms with E-state index >= 15 is 0 Å². The van der Waals surface area contributed by atoms with Gasteiger partial charge in [0.25, 0.3) is 10.8 Å². The first-order valence-electron chi connectivity index (χ1n) is 11.2. The zero-order valence-corrected chi connectivity index (χ0v) is 22.7. The fourth-order valence-corrected chi connectivity index (χ4v) is 6.93. The van der Waals surface area contributed by atoms with Crippen molar-refractivity contribution in [1.82, 2.24) is 19.9 Å². The molecule has 4 heterocycles. The molecule has 4 aromatic rings. The van der Waals surface area contributed by atoms with Crippen molar-refractivity contribution in [2.75, 3.05) is 0 Å². The SMILES string of the molecule is Cl.Cn1cccc(-c2ccc(-c3nc4sc(OC5CC(C)(C)NC(C)(C)C5)nc4s3)c(O)c2)c1=O. The number of benzene rings is 1. The standard InChI is InChI=1S/C25H28N4O3S2.ClH/c1-24(2)12-15(13-25(3,4)28-24)32-23-27-21-20(34-23)26-19(33-21)17-9-8-14(11-18(17)30)16-7-6-10-29(5)22(16)31;/h6-11,15,28,30H,12-13H2,1-5H3;1H. The molecule has 0 unspecified atom stereocenters. The van der Waals surface area contributed by atoms with Crippen LogP contribution in [-0.4, -0.2) is 36.8 Å². The van der Waals surface area contributed by atoms with E-state index in [1.54, 1.807) is 31.4 Å². The number of rotatable bonds is 4. The molecule has 1 aliphatic rings. The van der Waals surface area contributed by atoms with Gasteiger partial charge in [-0.2, -0.15) is 4.98 Å². The van der Waals surface area contributed by atoms with Crippen LogP contribution >= 0.6 is 35.1 Å². The number of piperidine rings is 1. The first kappa shape index (κ1) is 25.6. The largest absolute Gasteiger partial charge is 0.507 e. The summed E-state index contributed by atoms with van der Waals surface area (Å²) in [6.07, 6.45) is 3.62. The molecule has 0 amide bonds. The zero-order chi connectivity index (χ0) is 24.3. The summed E-state index contributed by atoms with van der Waals surface area (Å²) >= 11 is 2.86. The van der Waals surface area contributed by atoms with Crippen molar-refractivity contribution in [1.29, 1.82) is 0 Å². The minimum absolute atomic E-state index is 0. The van der Waals surface area contributed by atoms with Crippen molar-refractivity contribution in [2.24, 2.45) is 7.05 Å². The molecule has 0 bridgehead atoms. The Kier molecular flexibility index (Phi) is 6.74. The number of nitrogens with one attached hydrogen (secondary N) is 1. The number of aryl methyl sites for hydroxylation is 1. The lowest BCUT2D eigenvalue weighted by Gasteiger charge is -2.45. The average Bonchev–Trinajstić information content (AvgIpc) is 3.26. The second-order valence-electron chi connectivity index (χ2n) is 10.2. The lowest BCUT2D eigenvalue weighted by Crippen LogP contribution is -2.60. The molecule has 10 heteroatoms. The molecule has 0 spiro atoms. The Morgan fingerprint density at radius 1 is 1.06 bits per heavy atom. The maximum absolute atomic E-state index is 12.4. The van der Waals surface area contributed by atoms with E-state index in [-0.39, 0.29) is 40.9 Å². The number of hydrogen-bond donors (Lipinski definition) is 2. The molecule has 35 heavy (non-hydrogen) atoms. The van der Waals surface area contributed by atoms with Gasteiger partial charge in [-0.05, 0) is 57.5 Å². The molecule has 186 valence electrons. The molecule has 0 saturated carbocycles. The summed E-state index contributed by atoms with van der Waals surface area (Å²) in [5.41, 5.74) is 1.72. The van der Waals surface area contributed by atoms with Gasteiger partial charge in [0.1, 0.15) is 16.9 Å². The quantitative estimate of drug-likeness (QED) is 0.355. The van der Waals surface area contributed by atoms with Crippen LogP contribution in [0.3, 0.4) is 0 Å². The molecule has 2 N–H and O–H groups in total. The van der Waals surface area contributed by atoms with Crippen LogP contribution in [0, 0.1) is 0 Å². The van der Waals surface area contributed by atoms with Crippen LogP contribution in [0.1, 0.15) is 40.5 Å². The maximum Gasteiger partial charge on any atom is 0.276 e. The van der Waals surface area contributed by atoms with E-state index in [9.17, 15) is 9.90 Å². The lowest BCUT2D eigenvalue weighted by molar-refractivity contribution is 0.0559. The summed E-state index contributed by atoms with van der Waals surface area (Å²) in [5, 5.41) is 15.7. The normalized spacial score (nSPS) is 17.3. The van der Waals surface area contributed by atoms with Gasteiger partial charge in [-0.15, -0.1) is 12.4 Å². The number of pyridine rings is 1. The summed E-state index contributed by atoms with van der Waals surface area (Å²) in [4.78, 5) is 23.4. The first-order chi connectivity index (χ1) is 16.0. The van der Waals surface area contributed by atoms with Crippen LogP contribution in [0.5, 0.6) is 10.9 Å². The predicted octanol–water partition coefficient (Wildman–Crippen LogP) is 5.60. The molecule has 1 fully saturated rings. The second-order valence-corrected chi connectivity index (χ2v) is 12.1. The van der Waals surface area contributed by atoms with Crippen molar-refractivity contribution >= 4 is 44.7 Å². The van der Waals surface area contributed by atoms with Crippen molar-refractivity contribution in [3.63, 3.8) is 0 Å². The van der Waals surface area contributed by atoms with Gasteiger partial charge in [0.2, 0.25) is 0 Å². The highest BCUT2D eigenvalue weighted by atomic mass is 35.5. The third-order valence-electron chi connectivity index (χ3n) is 6.04. The van der Waals surface area contributed by atoms with Gasteiger partial charge in [-0.25, -0.2) is 4.98 Å². The molecule has 1 aromatic carbocycles. The van der Waals surface area contributed by atoms with Gasteiger partial charge in [0, 0.05) is 42.7 Å². The average molecular weight is 533 g/mol. The van der Waals surface area contributed by atoms with E-state index in [1.807, 2.05) is 12.1 Å². The number of halogens is 1. The zero-order valence-electron chi connectivity index (χ0n) is 20.3. The second kappa shape index (κ2) is 9.20. The number of phenolic OH excluding ortho intramolecular Hbond substituents is 1. The van der Waals surface area contributed by atoms with E-state index in [0.717, 1.165) is 22.5 Å². The van der Waals surface area contributed by atoms with Gasteiger partial charge in [-0.3, -0.25) is 4.79 Å². The van der Waals surface area contributed by atoms with Gasteiger partial charge in [0.15, 0.2) is 9.66 Å². The minimum Gasteiger partial charge on any atom is -0.507 e. The molecular formula is C25H29ClN4O3S2. The Hall–Kier alpha value is -2.46. The van der Waals surface area contributed by atoms with Crippen molar-refractivity contribution in [3.05, 3.63) is 46.9 Å². The Balaban J connectivity index is 0.00000289. The number of phenols is 1. The molecule has 1 saturated heterocycles. The van der Waals surface area contributed by atoms with Gasteiger partial charge in [-0.1, -0.05) is 28.7 Å². The van der Waals surface area contributed by atoms with Gasteiger partial charge >= 0.3 is 0 Å². The van der Waals surface area contributed by atoms with Gasteiger partial charge in [0.05, 0.1) is 5.56 Å². The highest BCUT2D eigenvalue weighted by Crippen LogP contribution is 2.41. The highest BCUT2D eigenvalue weighted by molar-refractivity contribution is 7.28. The maximum atomic E-state index is 12.4. The van der Waals surface area contributed by atoms with Crippen LogP contribution < -0.4 is 15.6 Å². The Morgan fingerprint density at radius 3 is 2.40 bits per heavy atom. The summed E-state index contributed by atoms with van der Waals surface area (Å²) in [6, 6.07) is 8.82. The molecule has 3 aromatic heterocycles. The highest BCUT2D eigenvalue weighted by Gasteiger charge is 2.39. The molecule has 0 radical (unpaired) electrons. The van der Waals surface area contributed by atoms with E-state index in [1.165, 1.54) is 27.2 Å². The Bertz CT molecular complexity index is 1390. The fraction of sp³-hybridized carbons (Fsp3) is 0.400. The molecular weight excluding hydrogens is 504 g/mol. The monoisotopic (exact) mass is 532 g/mol. The van der Waals surface area contributed by atoms with Crippen molar-refractivity contribution in [2.45, 2.75) is 57.7 Å². The van der Waals surface area contributed by atoms with Crippen molar-refractivity contribution < 1.29 is 9.84 Å². The van der Waals surface area contributed by atoms with Crippen LogP contribution in [0.2, 0.25) is 0 Å². The van der Waals surface area contributed by atoms with E-state index in [4.69, 9.17) is 9.72 Å². The Morgan fingerprint density at radius 2 is 1.74 bits per heavy atom. The topological polar surface area (TPSA) is 89.3 Å². The smallest absolute Gasteiger partial charge is 0.276 e. The van der Waals surface area contributed by atoms with Gasteiger partial charge < -0.3 is 19.7 Å². The summed E-state index contributed by atoms with van der Waals surface area (Å²) in [5.74, 6) is 0.0838. The number of ether oxygens (including phenoxy) is 1. The third-order valence-corrected chi connectivity index (χ3v) is 7.99. The third kappa shape index (κ3) is 5.23. The molecule has 0 atom stereocenters. The number of nitrogens with zero attached hydrogens (tertiary/aromatic N) is 3. The van der Waals surface area contributed by atoms with Crippen LogP contribution in [0.15, 0.2) is 41.3 Å². The number of aromatic hydroxyl groups is 1. The van der Waals surface area contributed by atoms with E-state index in [2.05, 4.69) is 38.0 Å². The summed E-state index contributed by atoms with van der Waals surface area (Å²) in [6.45, 7) is 8.80. The molecule has 7 nitrogen and oxygen atoms in total. The first-order valence-corrected chi connectivity index (χ1v) is 12.9. The van der Waals surface area contributed by atoms with Crippen LogP contribution in [-0.2, 0) is 7.05 Å². The summed E-state index contributed by atoms with van der Waals surface area (Å²) in [7, 11) is 1.71. The predicted molar refractivity (Wildman–Crippen MR) is 145 cm³/mol. The number of fused-ring (bicyclic) bond motifs is 1. The summed E-state index contributed by atoms with van der Waals surface area (Å²) < 4.78 is 7.80. The number of aromatic nitrogens is 3.